The molecule has 0 fully saturated rings. The van der Waals surface area contributed by atoms with Gasteiger partial charge in [0.05, 0.1) is 0 Å². The van der Waals surface area contributed by atoms with Gasteiger partial charge in [0.15, 0.2) is 0 Å². The van der Waals surface area contributed by atoms with Gasteiger partial charge in [0.25, 0.3) is 0 Å². The molecule has 0 amide bonds. The first-order valence-electron chi connectivity index (χ1n) is 6.95. The first-order chi connectivity index (χ1) is 7.43. The van der Waals surface area contributed by atoms with Gasteiger partial charge in [-0.2, -0.15) is 0 Å². The van der Waals surface area contributed by atoms with Crippen molar-refractivity contribution in [3.05, 3.63) is 0 Å². The van der Waals surface area contributed by atoms with Crippen LogP contribution in [0.1, 0.15) is 60.8 Å². The van der Waals surface area contributed by atoms with E-state index in [0.29, 0.717) is 24.0 Å². The molecule has 0 heterocycles. The summed E-state index contributed by atoms with van der Waals surface area (Å²) in [6.07, 6.45) is 3.48. The minimum atomic E-state index is 0.330. The van der Waals surface area contributed by atoms with Crippen molar-refractivity contribution in [1.29, 1.82) is 0 Å². The molecule has 0 rings (SSSR count). The molecule has 0 saturated carbocycles. The highest BCUT2D eigenvalue weighted by molar-refractivity contribution is 4.83. The van der Waals surface area contributed by atoms with Gasteiger partial charge in [-0.05, 0) is 32.6 Å². The van der Waals surface area contributed by atoms with Gasteiger partial charge in [-0.3, -0.25) is 4.90 Å². The lowest BCUT2D eigenvalue weighted by atomic mass is 9.97. The van der Waals surface area contributed by atoms with Crippen LogP contribution in [0.4, 0.5) is 0 Å². The highest BCUT2D eigenvalue weighted by Gasteiger charge is 2.25. The van der Waals surface area contributed by atoms with Crippen molar-refractivity contribution in [2.24, 2.45) is 11.7 Å². The molecule has 0 spiro atoms. The summed E-state index contributed by atoms with van der Waals surface area (Å²) in [5.41, 5.74) is 6.31. The van der Waals surface area contributed by atoms with Gasteiger partial charge in [-0.25, -0.2) is 0 Å². The Hall–Kier alpha value is -0.0800. The van der Waals surface area contributed by atoms with E-state index in [0.717, 1.165) is 19.4 Å². The topological polar surface area (TPSA) is 29.3 Å². The van der Waals surface area contributed by atoms with Crippen LogP contribution in [0.2, 0.25) is 0 Å². The van der Waals surface area contributed by atoms with Crippen molar-refractivity contribution in [3.63, 3.8) is 0 Å². The molecule has 98 valence electrons. The Morgan fingerprint density at radius 2 is 1.62 bits per heavy atom. The van der Waals surface area contributed by atoms with Gasteiger partial charge >= 0.3 is 0 Å². The Bertz CT molecular complexity index is 166. The van der Waals surface area contributed by atoms with E-state index in [9.17, 15) is 0 Å². The third-order valence-electron chi connectivity index (χ3n) is 3.20. The fourth-order valence-corrected chi connectivity index (χ4v) is 2.46. The van der Waals surface area contributed by atoms with Crippen LogP contribution >= 0.6 is 0 Å². The van der Waals surface area contributed by atoms with Crippen LogP contribution in [0, 0.1) is 5.92 Å². The van der Waals surface area contributed by atoms with E-state index in [4.69, 9.17) is 5.73 Å². The predicted molar refractivity (Wildman–Crippen MR) is 73.6 cm³/mol. The summed E-state index contributed by atoms with van der Waals surface area (Å²) in [6, 6.07) is 1.47. The van der Waals surface area contributed by atoms with Gasteiger partial charge < -0.3 is 5.73 Å². The molecule has 2 atom stereocenters. The highest BCUT2D eigenvalue weighted by Crippen LogP contribution is 2.16. The third-order valence-corrected chi connectivity index (χ3v) is 3.20. The molecule has 2 unspecified atom stereocenters. The second-order valence-corrected chi connectivity index (χ2v) is 5.61. The van der Waals surface area contributed by atoms with Crippen LogP contribution in [-0.2, 0) is 0 Å². The lowest BCUT2D eigenvalue weighted by Gasteiger charge is -2.39. The Kier molecular flexibility index (Phi) is 8.04. The van der Waals surface area contributed by atoms with Crippen LogP contribution in [0.3, 0.4) is 0 Å². The fraction of sp³-hybridized carbons (Fsp3) is 1.00. The fourth-order valence-electron chi connectivity index (χ4n) is 2.46. The average Bonchev–Trinajstić information content (AvgIpc) is 2.17. The molecule has 2 nitrogen and oxygen atoms in total. The number of hydrogen-bond donors (Lipinski definition) is 1. The maximum atomic E-state index is 6.31. The molecule has 0 aromatic rings. The summed E-state index contributed by atoms with van der Waals surface area (Å²) in [4.78, 5) is 2.59. The summed E-state index contributed by atoms with van der Waals surface area (Å²) in [5.74, 6) is 0.713. The molecular weight excluding hydrogens is 196 g/mol. The first kappa shape index (κ1) is 15.9. The van der Waals surface area contributed by atoms with Gasteiger partial charge in [0.1, 0.15) is 0 Å². The van der Waals surface area contributed by atoms with E-state index in [1.807, 2.05) is 0 Å². The highest BCUT2D eigenvalue weighted by atomic mass is 15.2. The minimum absolute atomic E-state index is 0.330. The van der Waals surface area contributed by atoms with Crippen molar-refractivity contribution < 1.29 is 0 Å². The number of nitrogens with two attached hydrogens (primary N) is 1. The maximum Gasteiger partial charge on any atom is 0.0247 e. The Morgan fingerprint density at radius 1 is 1.06 bits per heavy atom. The summed E-state index contributed by atoms with van der Waals surface area (Å²) in [6.45, 7) is 14.8. The molecule has 16 heavy (non-hydrogen) atoms. The molecule has 0 aliphatic heterocycles. The molecule has 0 bridgehead atoms. The van der Waals surface area contributed by atoms with Crippen molar-refractivity contribution in [1.82, 2.24) is 4.90 Å². The van der Waals surface area contributed by atoms with Crippen LogP contribution in [-0.4, -0.2) is 29.6 Å². The molecule has 2 heteroatoms. The predicted octanol–water partition coefficient (Wildman–Crippen LogP) is 3.26. The zero-order valence-electron chi connectivity index (χ0n) is 12.2. The second kappa shape index (κ2) is 8.08. The van der Waals surface area contributed by atoms with E-state index in [1.54, 1.807) is 0 Å². The van der Waals surface area contributed by atoms with Crippen molar-refractivity contribution in [3.8, 4) is 0 Å². The molecular formula is C14H32N2. The quantitative estimate of drug-likeness (QED) is 0.691. The van der Waals surface area contributed by atoms with Crippen LogP contribution < -0.4 is 5.73 Å². The van der Waals surface area contributed by atoms with Gasteiger partial charge in [0, 0.05) is 24.7 Å². The monoisotopic (exact) mass is 228 g/mol. The molecule has 0 saturated heterocycles. The number of nitrogens with zero attached hydrogens (tertiary/aromatic N) is 1. The zero-order valence-corrected chi connectivity index (χ0v) is 12.2. The van der Waals surface area contributed by atoms with Crippen LogP contribution in [0.15, 0.2) is 0 Å². The van der Waals surface area contributed by atoms with Crippen molar-refractivity contribution in [2.75, 3.05) is 6.54 Å². The van der Waals surface area contributed by atoms with Gasteiger partial charge in [-0.1, -0.05) is 34.1 Å². The Balaban J connectivity index is 4.56. The molecule has 0 radical (unpaired) electrons. The van der Waals surface area contributed by atoms with Crippen molar-refractivity contribution >= 4 is 0 Å². The summed E-state index contributed by atoms with van der Waals surface area (Å²) < 4.78 is 0. The molecule has 2 N–H and O–H groups in total. The van der Waals surface area contributed by atoms with Crippen molar-refractivity contribution in [2.45, 2.75) is 78.9 Å². The van der Waals surface area contributed by atoms with E-state index < -0.39 is 0 Å². The Labute approximate surface area is 103 Å². The van der Waals surface area contributed by atoms with Gasteiger partial charge in [-0.15, -0.1) is 0 Å². The summed E-state index contributed by atoms with van der Waals surface area (Å²) in [5, 5.41) is 0. The van der Waals surface area contributed by atoms with E-state index in [-0.39, 0.29) is 0 Å². The van der Waals surface area contributed by atoms with E-state index in [1.165, 1.54) is 6.42 Å². The average molecular weight is 228 g/mol. The SMILES string of the molecule is CCCC(N)C(CC)N(CC(C)C)C(C)C. The largest absolute Gasteiger partial charge is 0.326 e. The standard InChI is InChI=1S/C14H32N2/c1-7-9-13(15)14(8-2)16(12(5)6)10-11(3)4/h11-14H,7-10,15H2,1-6H3. The molecule has 0 aromatic heterocycles. The Morgan fingerprint density at radius 3 is 1.94 bits per heavy atom. The maximum absolute atomic E-state index is 6.31. The van der Waals surface area contributed by atoms with E-state index >= 15 is 0 Å². The minimum Gasteiger partial charge on any atom is -0.326 e. The molecule has 0 aromatic carbocycles. The molecule has 0 aliphatic carbocycles. The van der Waals surface area contributed by atoms with Gasteiger partial charge in [0.2, 0.25) is 0 Å². The molecule has 0 aliphatic rings. The third kappa shape index (κ3) is 5.31. The normalized spacial score (nSPS) is 16.1. The smallest absolute Gasteiger partial charge is 0.0247 e. The number of hydrogen-bond acceptors (Lipinski definition) is 2. The lowest BCUT2D eigenvalue weighted by Crippen LogP contribution is -2.51. The first-order valence-corrected chi connectivity index (χ1v) is 6.95. The number of rotatable bonds is 8. The summed E-state index contributed by atoms with van der Waals surface area (Å²) in [7, 11) is 0. The van der Waals surface area contributed by atoms with Crippen LogP contribution in [0.5, 0.6) is 0 Å². The zero-order chi connectivity index (χ0) is 12.7. The second-order valence-electron chi connectivity index (χ2n) is 5.61. The van der Waals surface area contributed by atoms with Crippen LogP contribution in [0.25, 0.3) is 0 Å². The van der Waals surface area contributed by atoms with E-state index in [2.05, 4.69) is 46.4 Å². The summed E-state index contributed by atoms with van der Waals surface area (Å²) >= 11 is 0. The lowest BCUT2D eigenvalue weighted by molar-refractivity contribution is 0.109.